The molecule has 4 rings (SSSR count). The first-order valence-corrected chi connectivity index (χ1v) is 10.3. The lowest BCUT2D eigenvalue weighted by atomic mass is 9.74. The van der Waals surface area contributed by atoms with E-state index in [2.05, 4.69) is 42.4 Å². The number of hydrogen-bond acceptors (Lipinski definition) is 4. The van der Waals surface area contributed by atoms with Crippen molar-refractivity contribution in [2.45, 2.75) is 58.4 Å². The number of hydrogen-bond donors (Lipinski definition) is 1. The molecule has 0 unspecified atom stereocenters. The molecule has 2 atom stereocenters. The number of fused-ring (bicyclic) bond motifs is 2. The van der Waals surface area contributed by atoms with Gasteiger partial charge in [-0.25, -0.2) is 0 Å². The second-order valence-electron chi connectivity index (χ2n) is 8.01. The van der Waals surface area contributed by atoms with Gasteiger partial charge in [0.1, 0.15) is 0 Å². The predicted molar refractivity (Wildman–Crippen MR) is 109 cm³/mol. The highest BCUT2D eigenvalue weighted by Gasteiger charge is 2.38. The van der Waals surface area contributed by atoms with Crippen molar-refractivity contribution in [3.05, 3.63) is 35.0 Å². The van der Waals surface area contributed by atoms with Crippen LogP contribution in [0.1, 0.15) is 55.8 Å². The fourth-order valence-corrected chi connectivity index (χ4v) is 5.13. The monoisotopic (exact) mass is 383 g/mol. The van der Waals surface area contributed by atoms with Crippen molar-refractivity contribution in [2.24, 2.45) is 0 Å². The minimum Gasteiger partial charge on any atom is -0.456 e. The molecule has 2 aromatic rings. The van der Waals surface area contributed by atoms with E-state index >= 15 is 0 Å². The lowest BCUT2D eigenvalue weighted by Gasteiger charge is -2.44. The number of carbonyl (C=O) groups is 2. The Hall–Kier alpha value is -2.34. The van der Waals surface area contributed by atoms with E-state index in [0.717, 1.165) is 24.2 Å². The maximum Gasteiger partial charge on any atom is 0.303 e. The number of rotatable bonds is 5. The molecule has 1 aromatic heterocycles. The summed E-state index contributed by atoms with van der Waals surface area (Å²) in [4.78, 5) is 25.9. The summed E-state index contributed by atoms with van der Waals surface area (Å²) >= 11 is 0. The fraction of sp³-hybridized carbons (Fsp3) is 0.545. The van der Waals surface area contributed by atoms with Gasteiger partial charge in [-0.2, -0.15) is 0 Å². The van der Waals surface area contributed by atoms with Crippen LogP contribution in [0.5, 0.6) is 0 Å². The Labute approximate surface area is 165 Å². The number of amides is 1. The second kappa shape index (κ2) is 7.59. The minimum absolute atomic E-state index is 0.265. The Morgan fingerprint density at radius 2 is 2.14 bits per heavy atom. The molecule has 1 aliphatic heterocycles. The normalized spacial score (nSPS) is 21.4. The lowest BCUT2D eigenvalue weighted by molar-refractivity contribution is -0.145. The summed E-state index contributed by atoms with van der Waals surface area (Å²) in [5, 5.41) is 1.30. The van der Waals surface area contributed by atoms with Gasteiger partial charge in [-0.3, -0.25) is 24.6 Å². The Balaban J connectivity index is 1.72. The summed E-state index contributed by atoms with van der Waals surface area (Å²) in [6.45, 7) is 7.68. The van der Waals surface area contributed by atoms with E-state index in [1.54, 1.807) is 0 Å². The molecule has 1 fully saturated rings. The summed E-state index contributed by atoms with van der Waals surface area (Å²) in [5.41, 5.74) is 7.78. The van der Waals surface area contributed by atoms with E-state index in [1.807, 2.05) is 4.68 Å². The van der Waals surface area contributed by atoms with Crippen LogP contribution in [-0.2, 0) is 20.7 Å². The fourth-order valence-electron chi connectivity index (χ4n) is 5.13. The summed E-state index contributed by atoms with van der Waals surface area (Å²) < 4.78 is 6.72. The molecule has 1 N–H and O–H groups in total. The van der Waals surface area contributed by atoms with Crippen LogP contribution < -0.4 is 5.43 Å². The van der Waals surface area contributed by atoms with E-state index in [4.69, 9.17) is 4.74 Å². The number of piperidine rings is 1. The van der Waals surface area contributed by atoms with Gasteiger partial charge in [0.2, 0.25) is 0 Å². The third-order valence-corrected chi connectivity index (χ3v) is 6.25. The molecule has 1 saturated heterocycles. The van der Waals surface area contributed by atoms with Gasteiger partial charge in [-0.15, -0.1) is 0 Å². The summed E-state index contributed by atoms with van der Waals surface area (Å²) in [6.07, 6.45) is 4.67. The molecule has 0 bridgehead atoms. The van der Waals surface area contributed by atoms with Gasteiger partial charge < -0.3 is 4.74 Å². The Morgan fingerprint density at radius 3 is 2.89 bits per heavy atom. The number of likely N-dealkylation sites (tertiary alicyclic amines) is 1. The zero-order valence-corrected chi connectivity index (χ0v) is 17.0. The van der Waals surface area contributed by atoms with Crippen molar-refractivity contribution < 1.29 is 14.3 Å². The molecule has 6 heteroatoms. The average molecular weight is 383 g/mol. The van der Waals surface area contributed by atoms with E-state index in [1.165, 1.54) is 49.2 Å². The van der Waals surface area contributed by atoms with Gasteiger partial charge in [0.25, 0.3) is 5.91 Å². The van der Waals surface area contributed by atoms with Gasteiger partial charge in [0, 0.05) is 30.0 Å². The molecule has 6 nitrogen and oxygen atoms in total. The average Bonchev–Trinajstić information content (AvgIpc) is 2.94. The topological polar surface area (TPSA) is 63.6 Å². The zero-order chi connectivity index (χ0) is 19.8. The number of nitrogens with one attached hydrogen (secondary N) is 1. The van der Waals surface area contributed by atoms with Crippen LogP contribution in [-0.4, -0.2) is 47.2 Å². The van der Waals surface area contributed by atoms with Gasteiger partial charge >= 0.3 is 5.97 Å². The maximum absolute atomic E-state index is 12.3. The smallest absolute Gasteiger partial charge is 0.303 e. The Morgan fingerprint density at radius 1 is 1.32 bits per heavy atom. The SMILES string of the molecule is CCCN1CCC[C@@H]2c3cccc4c3c(c(C)n4NC(=O)COC(C)=O)C[C@H]21. The zero-order valence-electron chi connectivity index (χ0n) is 17.0. The van der Waals surface area contributed by atoms with Gasteiger partial charge in [-0.1, -0.05) is 19.1 Å². The largest absolute Gasteiger partial charge is 0.456 e. The highest BCUT2D eigenvalue weighted by atomic mass is 16.5. The molecule has 0 saturated carbocycles. The Kier molecular flexibility index (Phi) is 5.15. The van der Waals surface area contributed by atoms with Gasteiger partial charge in [-0.05, 0) is 62.9 Å². The first-order valence-electron chi connectivity index (χ1n) is 10.3. The summed E-state index contributed by atoms with van der Waals surface area (Å²) in [5.74, 6) is -0.217. The highest BCUT2D eigenvalue weighted by Crippen LogP contribution is 2.45. The summed E-state index contributed by atoms with van der Waals surface area (Å²) in [7, 11) is 0. The van der Waals surface area contributed by atoms with Crippen LogP contribution >= 0.6 is 0 Å². The van der Waals surface area contributed by atoms with Crippen LogP contribution in [0.2, 0.25) is 0 Å². The molecule has 1 aliphatic carbocycles. The predicted octanol–water partition coefficient (Wildman–Crippen LogP) is 3.10. The molecule has 1 aromatic carbocycles. The van der Waals surface area contributed by atoms with Crippen LogP contribution in [0.25, 0.3) is 10.9 Å². The quantitative estimate of drug-likeness (QED) is 0.806. The van der Waals surface area contributed by atoms with Crippen LogP contribution in [0.4, 0.5) is 0 Å². The minimum atomic E-state index is -0.454. The van der Waals surface area contributed by atoms with Gasteiger partial charge in [0.05, 0.1) is 5.52 Å². The molecular weight excluding hydrogens is 354 g/mol. The highest BCUT2D eigenvalue weighted by molar-refractivity contribution is 5.94. The van der Waals surface area contributed by atoms with Crippen LogP contribution in [0.3, 0.4) is 0 Å². The van der Waals surface area contributed by atoms with E-state index in [0.29, 0.717) is 12.0 Å². The van der Waals surface area contributed by atoms with E-state index < -0.39 is 5.97 Å². The third-order valence-electron chi connectivity index (χ3n) is 6.25. The van der Waals surface area contributed by atoms with Gasteiger partial charge in [0.15, 0.2) is 6.61 Å². The first kappa shape index (κ1) is 19.0. The molecule has 28 heavy (non-hydrogen) atoms. The first-order chi connectivity index (χ1) is 13.5. The number of ether oxygens (including phenoxy) is 1. The second-order valence-corrected chi connectivity index (χ2v) is 8.01. The van der Waals surface area contributed by atoms with Crippen molar-refractivity contribution in [3.63, 3.8) is 0 Å². The number of esters is 1. The van der Waals surface area contributed by atoms with E-state index in [9.17, 15) is 9.59 Å². The number of aromatic nitrogens is 1. The molecule has 1 amide bonds. The molecule has 0 radical (unpaired) electrons. The number of carbonyl (C=O) groups excluding carboxylic acids is 2. The maximum atomic E-state index is 12.3. The third kappa shape index (κ3) is 3.20. The van der Waals surface area contributed by atoms with Crippen molar-refractivity contribution in [3.8, 4) is 0 Å². The van der Waals surface area contributed by atoms with Crippen LogP contribution in [0.15, 0.2) is 18.2 Å². The summed E-state index contributed by atoms with van der Waals surface area (Å²) in [6, 6.07) is 6.96. The molecule has 2 heterocycles. The molecule has 0 spiro atoms. The van der Waals surface area contributed by atoms with Crippen molar-refractivity contribution in [2.75, 3.05) is 25.1 Å². The molecular formula is C22H29N3O3. The number of benzene rings is 1. The van der Waals surface area contributed by atoms with Crippen molar-refractivity contribution in [1.29, 1.82) is 0 Å². The van der Waals surface area contributed by atoms with E-state index in [-0.39, 0.29) is 12.5 Å². The van der Waals surface area contributed by atoms with Crippen molar-refractivity contribution in [1.82, 2.24) is 9.58 Å². The van der Waals surface area contributed by atoms with Crippen LogP contribution in [0, 0.1) is 6.92 Å². The Bertz CT molecular complexity index is 915. The van der Waals surface area contributed by atoms with Crippen molar-refractivity contribution >= 4 is 22.8 Å². The molecule has 2 aliphatic rings. The standard InChI is InChI=1S/C22H29N3O3/c1-4-10-24-11-6-8-16-17-7-5-9-19-22(17)18(12-20(16)24)14(2)25(19)23-21(27)13-28-15(3)26/h5,7,9,16,20H,4,6,8,10-13H2,1-3H3,(H,23,27)/t16-,20-/m1/s1. The number of nitrogens with zero attached hydrogens (tertiary/aromatic N) is 2. The molecule has 150 valence electrons. The lowest BCUT2D eigenvalue weighted by Crippen LogP contribution is -2.47.